The van der Waals surface area contributed by atoms with Crippen LogP contribution in [0.1, 0.15) is 5.56 Å². The van der Waals surface area contributed by atoms with Gasteiger partial charge in [-0.15, -0.1) is 0 Å². The van der Waals surface area contributed by atoms with Gasteiger partial charge in [-0.2, -0.15) is 0 Å². The Morgan fingerprint density at radius 1 is 1.56 bits per heavy atom. The molecular formula is C6H10N2S. The maximum atomic E-state index is 5.58. The van der Waals surface area contributed by atoms with E-state index in [1.54, 1.807) is 11.9 Å². The molecule has 1 rings (SSSR count). The van der Waals surface area contributed by atoms with Gasteiger partial charge >= 0.3 is 0 Å². The third kappa shape index (κ3) is 1.21. The fraction of sp³-hybridized carbons (Fsp3) is 0.333. The highest BCUT2D eigenvalue weighted by Gasteiger charge is 1.94. The SMILES string of the molecule is CSn1cc(C)c(N)c1. The molecule has 2 N–H and O–H groups in total. The van der Waals surface area contributed by atoms with Crippen LogP contribution < -0.4 is 5.73 Å². The van der Waals surface area contributed by atoms with E-state index < -0.39 is 0 Å². The summed E-state index contributed by atoms with van der Waals surface area (Å²) in [5.41, 5.74) is 7.59. The minimum Gasteiger partial charge on any atom is -0.397 e. The average molecular weight is 142 g/mol. The molecule has 0 atom stereocenters. The zero-order valence-corrected chi connectivity index (χ0v) is 6.40. The van der Waals surface area contributed by atoms with E-state index in [0.29, 0.717) is 0 Å². The highest BCUT2D eigenvalue weighted by atomic mass is 32.2. The smallest absolute Gasteiger partial charge is 0.0534 e. The fourth-order valence-electron chi connectivity index (χ4n) is 0.647. The molecule has 0 radical (unpaired) electrons. The molecule has 3 heteroatoms. The van der Waals surface area contributed by atoms with Gasteiger partial charge in [0.25, 0.3) is 0 Å². The molecule has 0 fully saturated rings. The number of hydrogen-bond donors (Lipinski definition) is 1. The van der Waals surface area contributed by atoms with Gasteiger partial charge in [-0.1, -0.05) is 0 Å². The highest BCUT2D eigenvalue weighted by molar-refractivity contribution is 7.97. The second-order valence-corrected chi connectivity index (χ2v) is 2.73. The molecule has 2 nitrogen and oxygen atoms in total. The van der Waals surface area contributed by atoms with Crippen LogP contribution in [0, 0.1) is 6.92 Å². The zero-order valence-electron chi connectivity index (χ0n) is 5.59. The molecule has 0 saturated carbocycles. The molecule has 50 valence electrons. The van der Waals surface area contributed by atoms with E-state index in [2.05, 4.69) is 0 Å². The summed E-state index contributed by atoms with van der Waals surface area (Å²) in [6, 6.07) is 0. The summed E-state index contributed by atoms with van der Waals surface area (Å²) < 4.78 is 1.99. The Bertz CT molecular complexity index is 185. The van der Waals surface area contributed by atoms with Crippen molar-refractivity contribution in [2.75, 3.05) is 12.0 Å². The van der Waals surface area contributed by atoms with E-state index in [1.807, 2.05) is 29.5 Å². The zero-order chi connectivity index (χ0) is 6.85. The summed E-state index contributed by atoms with van der Waals surface area (Å²) in [6.45, 7) is 2.00. The van der Waals surface area contributed by atoms with Crippen molar-refractivity contribution in [3.63, 3.8) is 0 Å². The van der Waals surface area contributed by atoms with Crippen LogP contribution in [-0.4, -0.2) is 10.2 Å². The Morgan fingerprint density at radius 2 is 2.22 bits per heavy atom. The number of hydrogen-bond acceptors (Lipinski definition) is 2. The lowest BCUT2D eigenvalue weighted by molar-refractivity contribution is 1.28. The quantitative estimate of drug-likeness (QED) is 0.644. The van der Waals surface area contributed by atoms with Crippen LogP contribution in [0.25, 0.3) is 0 Å². The van der Waals surface area contributed by atoms with Crippen molar-refractivity contribution in [2.45, 2.75) is 6.92 Å². The van der Waals surface area contributed by atoms with Crippen molar-refractivity contribution < 1.29 is 0 Å². The lowest BCUT2D eigenvalue weighted by Crippen LogP contribution is -1.81. The fourth-order valence-corrected chi connectivity index (χ4v) is 1.13. The first kappa shape index (κ1) is 6.55. The molecule has 0 aliphatic carbocycles. The van der Waals surface area contributed by atoms with Gasteiger partial charge in [0.1, 0.15) is 0 Å². The second-order valence-electron chi connectivity index (χ2n) is 1.94. The predicted molar refractivity (Wildman–Crippen MR) is 42.5 cm³/mol. The molecule has 9 heavy (non-hydrogen) atoms. The Balaban J connectivity index is 2.98. The van der Waals surface area contributed by atoms with Gasteiger partial charge in [-0.05, 0) is 24.4 Å². The van der Waals surface area contributed by atoms with Gasteiger partial charge in [0.15, 0.2) is 0 Å². The number of aromatic nitrogens is 1. The minimum atomic E-state index is 0.865. The third-order valence-corrected chi connectivity index (χ3v) is 1.89. The van der Waals surface area contributed by atoms with Gasteiger partial charge in [0.05, 0.1) is 5.69 Å². The van der Waals surface area contributed by atoms with Gasteiger partial charge in [-0.3, -0.25) is 3.97 Å². The van der Waals surface area contributed by atoms with Crippen LogP contribution in [0.4, 0.5) is 5.69 Å². The van der Waals surface area contributed by atoms with Crippen molar-refractivity contribution in [3.8, 4) is 0 Å². The van der Waals surface area contributed by atoms with Gasteiger partial charge in [0, 0.05) is 18.6 Å². The number of nitrogen functional groups attached to an aromatic ring is 1. The number of anilines is 1. The molecule has 1 heterocycles. The van der Waals surface area contributed by atoms with Crippen molar-refractivity contribution in [1.29, 1.82) is 0 Å². The summed E-state index contributed by atoms with van der Waals surface area (Å²) in [5.74, 6) is 0. The first-order chi connectivity index (χ1) is 4.24. The van der Waals surface area contributed by atoms with Crippen LogP contribution in [0.15, 0.2) is 12.4 Å². The van der Waals surface area contributed by atoms with Crippen molar-refractivity contribution >= 4 is 17.6 Å². The van der Waals surface area contributed by atoms with E-state index in [1.165, 1.54) is 0 Å². The first-order valence-corrected chi connectivity index (χ1v) is 3.90. The summed E-state index contributed by atoms with van der Waals surface area (Å²) in [6.07, 6.45) is 5.94. The summed E-state index contributed by atoms with van der Waals surface area (Å²) in [4.78, 5) is 0. The molecule has 0 amide bonds. The Hall–Kier alpha value is -0.570. The van der Waals surface area contributed by atoms with Crippen molar-refractivity contribution in [2.24, 2.45) is 0 Å². The third-order valence-electron chi connectivity index (χ3n) is 1.25. The van der Waals surface area contributed by atoms with Gasteiger partial charge < -0.3 is 5.73 Å². The monoisotopic (exact) mass is 142 g/mol. The van der Waals surface area contributed by atoms with Crippen LogP contribution >= 0.6 is 11.9 Å². The second kappa shape index (κ2) is 2.35. The maximum Gasteiger partial charge on any atom is 0.0534 e. The van der Waals surface area contributed by atoms with E-state index in [4.69, 9.17) is 5.73 Å². The molecule has 0 unspecified atom stereocenters. The normalized spacial score (nSPS) is 10.0. The molecule has 1 aromatic rings. The lowest BCUT2D eigenvalue weighted by atomic mass is 10.3. The molecule has 0 bridgehead atoms. The standard InChI is InChI=1S/C6H10N2S/c1-5-3-8(9-2)4-6(5)7/h3-4H,7H2,1-2H3. The van der Waals surface area contributed by atoms with Crippen molar-refractivity contribution in [3.05, 3.63) is 18.0 Å². The van der Waals surface area contributed by atoms with E-state index in [-0.39, 0.29) is 0 Å². The molecule has 0 spiro atoms. The molecule has 0 aliphatic rings. The molecule has 0 saturated heterocycles. The molecule has 1 aromatic heterocycles. The highest BCUT2D eigenvalue weighted by Crippen LogP contribution is 2.14. The van der Waals surface area contributed by atoms with Crippen LogP contribution in [0.5, 0.6) is 0 Å². The van der Waals surface area contributed by atoms with Crippen molar-refractivity contribution in [1.82, 2.24) is 3.97 Å². The summed E-state index contributed by atoms with van der Waals surface area (Å²) in [7, 11) is 0. The predicted octanol–water partition coefficient (Wildman–Crippen LogP) is 1.50. The molecule has 0 aliphatic heterocycles. The largest absolute Gasteiger partial charge is 0.397 e. The molecule has 0 aromatic carbocycles. The van der Waals surface area contributed by atoms with E-state index >= 15 is 0 Å². The van der Waals surface area contributed by atoms with Gasteiger partial charge in [0.2, 0.25) is 0 Å². The number of aryl methyl sites for hydroxylation is 1. The summed E-state index contributed by atoms with van der Waals surface area (Å²) in [5, 5.41) is 0. The Labute approximate surface area is 59.2 Å². The Kier molecular flexibility index (Phi) is 1.71. The van der Waals surface area contributed by atoms with Crippen LogP contribution in [0.2, 0.25) is 0 Å². The number of rotatable bonds is 1. The molecular weight excluding hydrogens is 132 g/mol. The Morgan fingerprint density at radius 3 is 2.44 bits per heavy atom. The van der Waals surface area contributed by atoms with Crippen LogP contribution in [0.3, 0.4) is 0 Å². The number of nitrogens with two attached hydrogens (primary N) is 1. The topological polar surface area (TPSA) is 30.9 Å². The van der Waals surface area contributed by atoms with Crippen LogP contribution in [-0.2, 0) is 0 Å². The summed E-state index contributed by atoms with van der Waals surface area (Å²) >= 11 is 1.64. The van der Waals surface area contributed by atoms with Gasteiger partial charge in [-0.25, -0.2) is 0 Å². The average Bonchev–Trinajstić information content (AvgIpc) is 2.13. The first-order valence-electron chi connectivity index (χ1n) is 2.72. The maximum absolute atomic E-state index is 5.58. The number of nitrogens with zero attached hydrogens (tertiary/aromatic N) is 1. The van der Waals surface area contributed by atoms with E-state index in [0.717, 1.165) is 11.3 Å². The minimum absolute atomic E-state index is 0.865. The lowest BCUT2D eigenvalue weighted by Gasteiger charge is -1.89. The van der Waals surface area contributed by atoms with E-state index in [9.17, 15) is 0 Å².